The summed E-state index contributed by atoms with van der Waals surface area (Å²) in [6.07, 6.45) is 7.19. The van der Waals surface area contributed by atoms with Crippen LogP contribution < -0.4 is 0 Å². The van der Waals surface area contributed by atoms with Gasteiger partial charge in [-0.15, -0.1) is 0 Å². The van der Waals surface area contributed by atoms with Crippen LogP contribution in [0.1, 0.15) is 62.2 Å². The maximum absolute atomic E-state index is 12.6. The molecule has 0 fully saturated rings. The van der Waals surface area contributed by atoms with Gasteiger partial charge in [0.2, 0.25) is 0 Å². The summed E-state index contributed by atoms with van der Waals surface area (Å²) in [5.41, 5.74) is 4.23. The van der Waals surface area contributed by atoms with E-state index < -0.39 is 5.60 Å². The van der Waals surface area contributed by atoms with Gasteiger partial charge in [0.15, 0.2) is 0 Å². The summed E-state index contributed by atoms with van der Waals surface area (Å²) < 4.78 is 7.73. The van der Waals surface area contributed by atoms with Crippen molar-refractivity contribution in [1.29, 1.82) is 0 Å². The second-order valence-corrected chi connectivity index (χ2v) is 8.38. The Hall–Kier alpha value is -2.88. The molecule has 29 heavy (non-hydrogen) atoms. The average Bonchev–Trinajstić information content (AvgIpc) is 3.13. The number of carbonyl (C=O) groups is 1. The van der Waals surface area contributed by atoms with Crippen molar-refractivity contribution in [3.05, 3.63) is 77.9 Å². The number of hydrogen-bond acceptors (Lipinski definition) is 3. The lowest BCUT2D eigenvalue weighted by molar-refractivity contribution is 0.00704. The van der Waals surface area contributed by atoms with Crippen molar-refractivity contribution in [2.45, 2.75) is 59.1 Å². The van der Waals surface area contributed by atoms with E-state index in [1.807, 2.05) is 51.4 Å². The molecule has 0 unspecified atom stereocenters. The zero-order chi connectivity index (χ0) is 20.9. The van der Waals surface area contributed by atoms with Crippen molar-refractivity contribution in [3.63, 3.8) is 0 Å². The van der Waals surface area contributed by atoms with Crippen LogP contribution >= 0.6 is 0 Å². The fraction of sp³-hybridized carbons (Fsp3) is 0.360. The minimum Gasteiger partial charge on any atom is -0.456 e. The number of benzene rings is 2. The first kappa shape index (κ1) is 20.8. The van der Waals surface area contributed by atoms with Crippen molar-refractivity contribution >= 4 is 5.97 Å². The molecule has 0 aliphatic carbocycles. The molecule has 3 aromatic rings. The lowest BCUT2D eigenvalue weighted by atomic mass is 9.97. The highest BCUT2D eigenvalue weighted by Gasteiger charge is 2.20. The highest BCUT2D eigenvalue weighted by atomic mass is 16.6. The van der Waals surface area contributed by atoms with Gasteiger partial charge in [-0.3, -0.25) is 0 Å². The third-order valence-electron chi connectivity index (χ3n) is 4.65. The normalized spacial score (nSPS) is 11.4. The van der Waals surface area contributed by atoms with Crippen LogP contribution in [0.15, 0.2) is 61.1 Å². The van der Waals surface area contributed by atoms with Gasteiger partial charge in [0.1, 0.15) is 5.60 Å². The number of esters is 1. The topological polar surface area (TPSA) is 44.1 Å². The molecular weight excluding hydrogens is 360 g/mol. The van der Waals surface area contributed by atoms with Crippen LogP contribution in [0.2, 0.25) is 0 Å². The van der Waals surface area contributed by atoms with Gasteiger partial charge >= 0.3 is 5.97 Å². The summed E-state index contributed by atoms with van der Waals surface area (Å²) in [5.74, 6) is -0.296. The quantitative estimate of drug-likeness (QED) is 0.472. The van der Waals surface area contributed by atoms with Crippen LogP contribution in [0.25, 0.3) is 11.1 Å². The number of carbonyl (C=O) groups excluding carboxylic acids is 1. The Bertz CT molecular complexity index is 949. The lowest BCUT2D eigenvalue weighted by Crippen LogP contribution is -2.24. The number of aryl methyl sites for hydroxylation is 1. The summed E-state index contributed by atoms with van der Waals surface area (Å²) in [6, 6.07) is 15.9. The number of nitrogens with zero attached hydrogens (tertiary/aromatic N) is 2. The molecule has 0 radical (unpaired) electrons. The summed E-state index contributed by atoms with van der Waals surface area (Å²) >= 11 is 0. The Morgan fingerprint density at radius 2 is 1.79 bits per heavy atom. The molecule has 2 aromatic carbocycles. The number of aromatic nitrogens is 2. The second kappa shape index (κ2) is 9.08. The Kier molecular flexibility index (Phi) is 6.53. The van der Waals surface area contributed by atoms with Gasteiger partial charge in [-0.05, 0) is 49.9 Å². The van der Waals surface area contributed by atoms with E-state index in [0.29, 0.717) is 5.56 Å². The predicted molar refractivity (Wildman–Crippen MR) is 117 cm³/mol. The van der Waals surface area contributed by atoms with Crippen molar-refractivity contribution in [1.82, 2.24) is 9.55 Å². The molecule has 0 spiro atoms. The molecule has 1 aromatic heterocycles. The van der Waals surface area contributed by atoms with Crippen molar-refractivity contribution < 1.29 is 9.53 Å². The first-order valence-electron chi connectivity index (χ1n) is 10.3. The first-order chi connectivity index (χ1) is 13.9. The van der Waals surface area contributed by atoms with E-state index in [-0.39, 0.29) is 5.97 Å². The highest BCUT2D eigenvalue weighted by Crippen LogP contribution is 2.26. The maximum Gasteiger partial charge on any atom is 0.339 e. The summed E-state index contributed by atoms with van der Waals surface area (Å²) in [7, 11) is 0. The van der Waals surface area contributed by atoms with E-state index in [4.69, 9.17) is 4.74 Å². The third-order valence-corrected chi connectivity index (χ3v) is 4.65. The molecule has 152 valence electrons. The lowest BCUT2D eigenvalue weighted by Gasteiger charge is -2.20. The summed E-state index contributed by atoms with van der Waals surface area (Å²) in [5, 5.41) is 0. The molecule has 0 atom stereocenters. The number of unbranched alkanes of at least 4 members (excludes halogenated alkanes) is 1. The molecule has 0 aliphatic heterocycles. The van der Waals surface area contributed by atoms with E-state index in [1.54, 1.807) is 0 Å². The standard InChI is InChI=1S/C25H30N2O2/c1-5-6-15-27-17-21(26-18-27)16-19-11-13-20(14-12-19)22-9-7-8-10-23(22)24(28)29-25(2,3)4/h7-14,17-18H,5-6,15-16H2,1-4H3. The smallest absolute Gasteiger partial charge is 0.339 e. The predicted octanol–water partition coefficient (Wildman–Crippen LogP) is 5.90. The molecular formula is C25H30N2O2. The summed E-state index contributed by atoms with van der Waals surface area (Å²) in [6.45, 7) is 8.86. The minimum atomic E-state index is -0.519. The molecule has 0 aliphatic rings. The Balaban J connectivity index is 1.75. The van der Waals surface area contributed by atoms with Crippen molar-refractivity contribution in [2.24, 2.45) is 0 Å². The van der Waals surface area contributed by atoms with E-state index in [2.05, 4.69) is 46.9 Å². The number of hydrogen-bond donors (Lipinski definition) is 0. The van der Waals surface area contributed by atoms with Gasteiger partial charge in [0, 0.05) is 19.2 Å². The second-order valence-electron chi connectivity index (χ2n) is 8.38. The summed E-state index contributed by atoms with van der Waals surface area (Å²) in [4.78, 5) is 17.1. The van der Waals surface area contributed by atoms with Crippen molar-refractivity contribution in [2.75, 3.05) is 0 Å². The van der Waals surface area contributed by atoms with Crippen molar-refractivity contribution in [3.8, 4) is 11.1 Å². The first-order valence-corrected chi connectivity index (χ1v) is 10.3. The monoisotopic (exact) mass is 390 g/mol. The van der Waals surface area contributed by atoms with E-state index in [1.165, 1.54) is 18.4 Å². The van der Waals surface area contributed by atoms with Gasteiger partial charge < -0.3 is 9.30 Å². The van der Waals surface area contributed by atoms with Crippen LogP contribution in [0.5, 0.6) is 0 Å². The van der Waals surface area contributed by atoms with Crippen LogP contribution in [-0.4, -0.2) is 21.1 Å². The molecule has 0 amide bonds. The molecule has 0 saturated heterocycles. The fourth-order valence-electron chi connectivity index (χ4n) is 3.22. The van der Waals surface area contributed by atoms with E-state index in [9.17, 15) is 4.79 Å². The zero-order valence-corrected chi connectivity index (χ0v) is 17.8. The molecule has 0 N–H and O–H groups in total. The molecule has 0 saturated carbocycles. The average molecular weight is 391 g/mol. The number of imidazole rings is 1. The third kappa shape index (κ3) is 5.80. The van der Waals surface area contributed by atoms with Crippen LogP contribution in [-0.2, 0) is 17.7 Å². The molecule has 0 bridgehead atoms. The zero-order valence-electron chi connectivity index (χ0n) is 17.8. The van der Waals surface area contributed by atoms with Gasteiger partial charge in [-0.2, -0.15) is 0 Å². The Labute approximate surface area is 173 Å². The van der Waals surface area contributed by atoms with E-state index >= 15 is 0 Å². The molecule has 3 rings (SSSR count). The van der Waals surface area contributed by atoms with E-state index in [0.717, 1.165) is 29.8 Å². The van der Waals surface area contributed by atoms with Crippen LogP contribution in [0.4, 0.5) is 0 Å². The fourth-order valence-corrected chi connectivity index (χ4v) is 3.22. The molecule has 4 nitrogen and oxygen atoms in total. The Morgan fingerprint density at radius 3 is 2.48 bits per heavy atom. The van der Waals surface area contributed by atoms with Gasteiger partial charge in [0.05, 0.1) is 17.6 Å². The van der Waals surface area contributed by atoms with Gasteiger partial charge in [-0.1, -0.05) is 55.8 Å². The number of ether oxygens (including phenoxy) is 1. The maximum atomic E-state index is 12.6. The molecule has 1 heterocycles. The highest BCUT2D eigenvalue weighted by molar-refractivity contribution is 5.97. The number of rotatable bonds is 7. The Morgan fingerprint density at radius 1 is 1.07 bits per heavy atom. The molecule has 4 heteroatoms. The SMILES string of the molecule is CCCCn1cnc(Cc2ccc(-c3ccccc3C(=O)OC(C)(C)C)cc2)c1. The minimum absolute atomic E-state index is 0.296. The van der Waals surface area contributed by atoms with Crippen LogP contribution in [0.3, 0.4) is 0 Å². The van der Waals surface area contributed by atoms with Gasteiger partial charge in [0.25, 0.3) is 0 Å². The largest absolute Gasteiger partial charge is 0.456 e. The van der Waals surface area contributed by atoms with Crippen LogP contribution in [0, 0.1) is 0 Å². The van der Waals surface area contributed by atoms with Gasteiger partial charge in [-0.25, -0.2) is 9.78 Å².